The fraction of sp³-hybridized carbons (Fsp3) is 0.235. The molecule has 1 heterocycles. The Labute approximate surface area is 166 Å². The highest BCUT2D eigenvalue weighted by atomic mass is 32.2. The number of nitriles is 1. The van der Waals surface area contributed by atoms with E-state index in [9.17, 15) is 23.3 Å². The number of ether oxygens (including phenoxy) is 1. The normalized spacial score (nSPS) is 10.7. The molecule has 2 aromatic rings. The minimum Gasteiger partial charge on any atom is -0.465 e. The number of benzene rings is 1. The zero-order valence-corrected chi connectivity index (χ0v) is 17.2. The minimum absolute atomic E-state index is 0.0221. The van der Waals surface area contributed by atoms with Crippen LogP contribution in [-0.4, -0.2) is 41.5 Å². The third-order valence-corrected chi connectivity index (χ3v) is 6.20. The second kappa shape index (κ2) is 8.28. The molecule has 0 atom stereocenters. The van der Waals surface area contributed by atoms with Crippen molar-refractivity contribution in [1.82, 2.24) is 0 Å². The summed E-state index contributed by atoms with van der Waals surface area (Å²) in [7, 11) is 0.415. The summed E-state index contributed by atoms with van der Waals surface area (Å²) in [6.07, 6.45) is 0. The molecule has 148 valence electrons. The van der Waals surface area contributed by atoms with Crippen molar-refractivity contribution in [3.05, 3.63) is 34.7 Å². The molecule has 9 nitrogen and oxygen atoms in total. The lowest BCUT2D eigenvalue weighted by molar-refractivity contribution is -0.114. The molecule has 28 heavy (non-hydrogen) atoms. The highest BCUT2D eigenvalue weighted by Gasteiger charge is 2.28. The Morgan fingerprint density at radius 1 is 1.21 bits per heavy atom. The van der Waals surface area contributed by atoms with Crippen LogP contribution in [-0.2, 0) is 19.6 Å². The molecule has 11 heteroatoms. The van der Waals surface area contributed by atoms with Gasteiger partial charge in [-0.2, -0.15) is 5.26 Å². The highest BCUT2D eigenvalue weighted by molar-refractivity contribution is 7.92. The second-order valence-corrected chi connectivity index (χ2v) is 8.48. The first-order valence-electron chi connectivity index (χ1n) is 7.83. The van der Waals surface area contributed by atoms with E-state index in [0.29, 0.717) is 10.7 Å². The van der Waals surface area contributed by atoms with Gasteiger partial charge in [-0.1, -0.05) is 0 Å². The zero-order chi connectivity index (χ0) is 21.1. The number of carbonyl (C=O) groups excluding carboxylic acids is 2. The number of hydrogen-bond acceptors (Lipinski definition) is 8. The van der Waals surface area contributed by atoms with E-state index in [1.165, 1.54) is 38.3 Å². The van der Waals surface area contributed by atoms with Crippen LogP contribution in [0.5, 0.6) is 0 Å². The molecule has 1 amide bonds. The summed E-state index contributed by atoms with van der Waals surface area (Å²) in [5.41, 5.74) is 0.327. The SMILES string of the molecule is COC(=O)c1sc(N(C)C)c(C#N)c1NS(=O)(=O)c1ccc(NC(C)=O)cc1. The second-order valence-electron chi connectivity index (χ2n) is 5.80. The van der Waals surface area contributed by atoms with Crippen LogP contribution in [0, 0.1) is 11.3 Å². The lowest BCUT2D eigenvalue weighted by atomic mass is 10.2. The highest BCUT2D eigenvalue weighted by Crippen LogP contribution is 2.40. The van der Waals surface area contributed by atoms with E-state index in [1.807, 2.05) is 6.07 Å². The molecule has 0 unspecified atom stereocenters. The summed E-state index contributed by atoms with van der Waals surface area (Å²) in [6, 6.07) is 7.40. The number of nitrogens with zero attached hydrogens (tertiary/aromatic N) is 2. The van der Waals surface area contributed by atoms with Gasteiger partial charge in [0.1, 0.15) is 21.5 Å². The molecule has 0 radical (unpaired) electrons. The van der Waals surface area contributed by atoms with Gasteiger partial charge < -0.3 is 15.0 Å². The van der Waals surface area contributed by atoms with Crippen molar-refractivity contribution in [1.29, 1.82) is 5.26 Å². The van der Waals surface area contributed by atoms with Gasteiger partial charge in [0.25, 0.3) is 10.0 Å². The van der Waals surface area contributed by atoms with Gasteiger partial charge >= 0.3 is 5.97 Å². The Kier molecular flexibility index (Phi) is 6.27. The maximum atomic E-state index is 12.8. The first-order chi connectivity index (χ1) is 13.1. The average Bonchev–Trinajstić information content (AvgIpc) is 2.99. The monoisotopic (exact) mass is 422 g/mol. The zero-order valence-electron chi connectivity index (χ0n) is 15.6. The van der Waals surface area contributed by atoms with Crippen molar-refractivity contribution in [2.75, 3.05) is 36.1 Å². The smallest absolute Gasteiger partial charge is 0.350 e. The van der Waals surface area contributed by atoms with Gasteiger partial charge in [-0.15, -0.1) is 11.3 Å². The Bertz CT molecular complexity index is 1050. The fourth-order valence-electron chi connectivity index (χ4n) is 2.29. The number of hydrogen-bond donors (Lipinski definition) is 2. The number of esters is 1. The van der Waals surface area contributed by atoms with Crippen molar-refractivity contribution in [2.24, 2.45) is 0 Å². The van der Waals surface area contributed by atoms with E-state index in [1.54, 1.807) is 19.0 Å². The van der Waals surface area contributed by atoms with Crippen LogP contribution in [0.25, 0.3) is 0 Å². The summed E-state index contributed by atoms with van der Waals surface area (Å²) in [6.45, 7) is 1.34. The predicted octanol–water partition coefficient (Wildman–Crippen LogP) is 2.23. The molecule has 0 aliphatic rings. The number of sulfonamides is 1. The van der Waals surface area contributed by atoms with Gasteiger partial charge in [-0.25, -0.2) is 13.2 Å². The summed E-state index contributed by atoms with van der Waals surface area (Å²) in [5.74, 6) is -1.04. The number of thiophene rings is 1. The van der Waals surface area contributed by atoms with E-state index < -0.39 is 16.0 Å². The van der Waals surface area contributed by atoms with E-state index in [-0.39, 0.29) is 26.9 Å². The van der Waals surface area contributed by atoms with Gasteiger partial charge in [0.05, 0.1) is 17.7 Å². The van der Waals surface area contributed by atoms with Crippen molar-refractivity contribution in [2.45, 2.75) is 11.8 Å². The minimum atomic E-state index is -4.10. The summed E-state index contributed by atoms with van der Waals surface area (Å²) in [5, 5.41) is 12.5. The molecule has 1 aromatic carbocycles. The molecule has 0 spiro atoms. The fourth-order valence-corrected chi connectivity index (χ4v) is 4.48. The molecule has 0 aliphatic heterocycles. The van der Waals surface area contributed by atoms with Gasteiger partial charge in [0.15, 0.2) is 0 Å². The molecule has 1 aromatic heterocycles. The molecule has 0 saturated carbocycles. The lowest BCUT2D eigenvalue weighted by Gasteiger charge is -2.11. The molecule has 0 saturated heterocycles. The topological polar surface area (TPSA) is 129 Å². The molecule has 0 fully saturated rings. The molecule has 0 bridgehead atoms. The first-order valence-corrected chi connectivity index (χ1v) is 10.1. The van der Waals surface area contributed by atoms with Crippen LogP contribution in [0.1, 0.15) is 22.2 Å². The summed E-state index contributed by atoms with van der Waals surface area (Å²) in [4.78, 5) is 24.7. The maximum absolute atomic E-state index is 12.8. The Balaban J connectivity index is 2.49. The Morgan fingerprint density at radius 3 is 2.29 bits per heavy atom. The van der Waals surface area contributed by atoms with E-state index in [2.05, 4.69) is 10.0 Å². The number of methoxy groups -OCH3 is 1. The van der Waals surface area contributed by atoms with Crippen LogP contribution >= 0.6 is 11.3 Å². The number of amides is 1. The largest absolute Gasteiger partial charge is 0.465 e. The van der Waals surface area contributed by atoms with Gasteiger partial charge in [0, 0.05) is 26.7 Å². The van der Waals surface area contributed by atoms with E-state index in [4.69, 9.17) is 4.74 Å². The van der Waals surface area contributed by atoms with Crippen LogP contribution < -0.4 is 14.9 Å². The third-order valence-electron chi connectivity index (χ3n) is 3.50. The van der Waals surface area contributed by atoms with E-state index >= 15 is 0 Å². The van der Waals surface area contributed by atoms with Gasteiger partial charge in [-0.05, 0) is 24.3 Å². The summed E-state index contributed by atoms with van der Waals surface area (Å²) >= 11 is 0.951. The van der Waals surface area contributed by atoms with Gasteiger partial charge in [-0.3, -0.25) is 9.52 Å². The number of nitrogens with one attached hydrogen (secondary N) is 2. The Hall–Kier alpha value is -3.10. The lowest BCUT2D eigenvalue weighted by Crippen LogP contribution is -2.16. The standard InChI is InChI=1S/C17H18N4O5S2/c1-10(22)19-11-5-7-12(8-6-11)28(24,25)20-14-13(9-18)16(21(2)3)27-15(14)17(23)26-4/h5-8,20H,1-4H3,(H,19,22). The molecule has 2 N–H and O–H groups in total. The maximum Gasteiger partial charge on any atom is 0.350 e. The number of anilines is 3. The van der Waals surface area contributed by atoms with Crippen molar-refractivity contribution >= 4 is 49.6 Å². The van der Waals surface area contributed by atoms with Crippen molar-refractivity contribution in [3.8, 4) is 6.07 Å². The van der Waals surface area contributed by atoms with Crippen LogP contribution in [0.2, 0.25) is 0 Å². The first kappa shape index (κ1) is 21.2. The number of carbonyl (C=O) groups is 2. The van der Waals surface area contributed by atoms with Crippen molar-refractivity contribution in [3.63, 3.8) is 0 Å². The molecule has 0 aliphatic carbocycles. The predicted molar refractivity (Wildman–Crippen MR) is 106 cm³/mol. The van der Waals surface area contributed by atoms with E-state index in [0.717, 1.165) is 11.3 Å². The molecule has 2 rings (SSSR count). The summed E-state index contributed by atoms with van der Waals surface area (Å²) < 4.78 is 32.6. The molecular formula is C17H18N4O5S2. The third kappa shape index (κ3) is 4.41. The average molecular weight is 422 g/mol. The Morgan fingerprint density at radius 2 is 1.82 bits per heavy atom. The molecular weight excluding hydrogens is 404 g/mol. The van der Waals surface area contributed by atoms with Crippen LogP contribution in [0.15, 0.2) is 29.2 Å². The van der Waals surface area contributed by atoms with Crippen LogP contribution in [0.4, 0.5) is 16.4 Å². The number of rotatable bonds is 6. The van der Waals surface area contributed by atoms with Gasteiger partial charge in [0.2, 0.25) is 5.91 Å². The quantitative estimate of drug-likeness (QED) is 0.683. The van der Waals surface area contributed by atoms with Crippen molar-refractivity contribution < 1.29 is 22.7 Å². The van der Waals surface area contributed by atoms with Crippen LogP contribution in [0.3, 0.4) is 0 Å².